The van der Waals surface area contributed by atoms with Crippen LogP contribution in [0, 0.1) is 5.92 Å². The summed E-state index contributed by atoms with van der Waals surface area (Å²) in [6.07, 6.45) is 0.282. The number of fused-ring (bicyclic) bond motifs is 1. The Labute approximate surface area is 156 Å². The summed E-state index contributed by atoms with van der Waals surface area (Å²) < 4.78 is 0. The number of carbonyl (C=O) groups excluding carboxylic acids is 4. The van der Waals surface area contributed by atoms with E-state index in [2.05, 4.69) is 22.9 Å². The van der Waals surface area contributed by atoms with Gasteiger partial charge in [-0.15, -0.1) is 0 Å². The Bertz CT molecular complexity index is 833. The van der Waals surface area contributed by atoms with Crippen molar-refractivity contribution in [3.05, 3.63) is 34.9 Å². The molecule has 1 aromatic rings. The van der Waals surface area contributed by atoms with Gasteiger partial charge in [0.05, 0.1) is 11.1 Å². The van der Waals surface area contributed by atoms with Crippen molar-refractivity contribution in [1.29, 1.82) is 0 Å². The lowest BCUT2D eigenvalue weighted by Gasteiger charge is -2.33. The van der Waals surface area contributed by atoms with E-state index in [4.69, 9.17) is 0 Å². The van der Waals surface area contributed by atoms with Crippen LogP contribution in [0.5, 0.6) is 0 Å². The Balaban J connectivity index is 1.49. The van der Waals surface area contributed by atoms with E-state index in [9.17, 15) is 19.2 Å². The third-order valence-corrected chi connectivity index (χ3v) is 5.65. The van der Waals surface area contributed by atoms with E-state index >= 15 is 0 Å². The molecule has 4 amide bonds. The highest BCUT2D eigenvalue weighted by Gasteiger charge is 2.44. The predicted octanol–water partition coefficient (Wildman–Crippen LogP) is -0.215. The van der Waals surface area contributed by atoms with Crippen LogP contribution in [0.3, 0.4) is 0 Å². The first kappa shape index (κ1) is 17.8. The van der Waals surface area contributed by atoms with E-state index < -0.39 is 23.8 Å². The maximum atomic E-state index is 12.8. The molecule has 2 unspecified atom stereocenters. The molecular weight excluding hydrogens is 348 g/mol. The van der Waals surface area contributed by atoms with Crippen LogP contribution in [-0.4, -0.2) is 53.7 Å². The number of nitrogens with one attached hydrogen (secondary N) is 3. The van der Waals surface area contributed by atoms with E-state index in [1.54, 1.807) is 12.1 Å². The number of piperidine rings is 1. The minimum absolute atomic E-state index is 0.118. The van der Waals surface area contributed by atoms with Gasteiger partial charge in [-0.3, -0.25) is 29.4 Å². The molecule has 3 N–H and O–H groups in total. The van der Waals surface area contributed by atoms with Crippen molar-refractivity contribution < 1.29 is 19.2 Å². The Morgan fingerprint density at radius 2 is 1.89 bits per heavy atom. The van der Waals surface area contributed by atoms with Crippen molar-refractivity contribution in [2.24, 2.45) is 5.92 Å². The molecule has 0 radical (unpaired) electrons. The summed E-state index contributed by atoms with van der Waals surface area (Å²) in [4.78, 5) is 49.9. The average molecular weight is 370 g/mol. The van der Waals surface area contributed by atoms with Gasteiger partial charge in [0.1, 0.15) is 6.04 Å². The fraction of sp³-hybridized carbons (Fsp3) is 0.474. The molecule has 2 saturated heterocycles. The largest absolute Gasteiger partial charge is 0.316 e. The molecule has 0 aliphatic carbocycles. The smallest absolute Gasteiger partial charge is 0.262 e. The van der Waals surface area contributed by atoms with Gasteiger partial charge in [0.25, 0.3) is 11.8 Å². The van der Waals surface area contributed by atoms with Gasteiger partial charge in [0.15, 0.2) is 0 Å². The summed E-state index contributed by atoms with van der Waals surface area (Å²) in [5.74, 6) is -1.31. The van der Waals surface area contributed by atoms with Gasteiger partial charge < -0.3 is 10.6 Å². The van der Waals surface area contributed by atoms with Crippen LogP contribution < -0.4 is 16.0 Å². The number of hydrogen-bond donors (Lipinski definition) is 3. The third-order valence-electron chi connectivity index (χ3n) is 5.65. The summed E-state index contributed by atoms with van der Waals surface area (Å²) in [6.45, 7) is 4.75. The fourth-order valence-electron chi connectivity index (χ4n) is 3.74. The SMILES string of the molecule is CC(NCc1ccc2c(c1)C(=O)N(C1CCC(=O)NC1=O)C2=O)C1CNC1. The Kier molecular flexibility index (Phi) is 4.53. The van der Waals surface area contributed by atoms with Gasteiger partial charge in [-0.25, -0.2) is 0 Å². The number of hydrogen-bond acceptors (Lipinski definition) is 6. The first-order valence-corrected chi connectivity index (χ1v) is 9.24. The number of carbonyl (C=O) groups is 4. The molecule has 1 aromatic carbocycles. The van der Waals surface area contributed by atoms with Gasteiger partial charge >= 0.3 is 0 Å². The number of rotatable bonds is 5. The normalized spacial score (nSPS) is 23.9. The zero-order valence-corrected chi connectivity index (χ0v) is 15.1. The predicted molar refractivity (Wildman–Crippen MR) is 95.8 cm³/mol. The van der Waals surface area contributed by atoms with Crippen LogP contribution in [0.4, 0.5) is 0 Å². The molecule has 8 nitrogen and oxygen atoms in total. The minimum Gasteiger partial charge on any atom is -0.316 e. The molecule has 142 valence electrons. The molecule has 2 fully saturated rings. The van der Waals surface area contributed by atoms with Gasteiger partial charge in [-0.2, -0.15) is 0 Å². The van der Waals surface area contributed by atoms with Crippen LogP contribution in [-0.2, 0) is 16.1 Å². The molecular formula is C19H22N4O4. The molecule has 2 atom stereocenters. The van der Waals surface area contributed by atoms with Crippen molar-refractivity contribution in [2.45, 2.75) is 38.4 Å². The van der Waals surface area contributed by atoms with Crippen LogP contribution in [0.1, 0.15) is 46.0 Å². The number of amides is 4. The second-order valence-corrected chi connectivity index (χ2v) is 7.42. The Hall–Kier alpha value is -2.58. The molecule has 27 heavy (non-hydrogen) atoms. The van der Waals surface area contributed by atoms with Crippen LogP contribution in [0.25, 0.3) is 0 Å². The molecule has 0 aromatic heterocycles. The van der Waals surface area contributed by atoms with E-state index in [1.807, 2.05) is 6.07 Å². The van der Waals surface area contributed by atoms with Gasteiger partial charge in [0.2, 0.25) is 11.8 Å². The fourth-order valence-corrected chi connectivity index (χ4v) is 3.74. The maximum absolute atomic E-state index is 12.8. The molecule has 3 heterocycles. The summed E-state index contributed by atoms with van der Waals surface area (Å²) in [6, 6.07) is 4.63. The van der Waals surface area contributed by atoms with Gasteiger partial charge in [-0.1, -0.05) is 6.07 Å². The molecule has 0 spiro atoms. The minimum atomic E-state index is -0.928. The van der Waals surface area contributed by atoms with E-state index in [-0.39, 0.29) is 18.7 Å². The first-order chi connectivity index (χ1) is 13.0. The summed E-state index contributed by atoms with van der Waals surface area (Å²) in [5, 5.41) is 8.90. The van der Waals surface area contributed by atoms with Gasteiger partial charge in [0, 0.05) is 32.1 Å². The molecule has 3 aliphatic rings. The highest BCUT2D eigenvalue weighted by atomic mass is 16.2. The zero-order valence-electron chi connectivity index (χ0n) is 15.1. The Morgan fingerprint density at radius 1 is 1.15 bits per heavy atom. The second kappa shape index (κ2) is 6.86. The number of imide groups is 2. The van der Waals surface area contributed by atoms with Crippen LogP contribution >= 0.6 is 0 Å². The lowest BCUT2D eigenvalue weighted by molar-refractivity contribution is -0.136. The monoisotopic (exact) mass is 370 g/mol. The van der Waals surface area contributed by atoms with Crippen molar-refractivity contribution in [2.75, 3.05) is 13.1 Å². The van der Waals surface area contributed by atoms with E-state index in [0.717, 1.165) is 23.6 Å². The second-order valence-electron chi connectivity index (χ2n) is 7.42. The van der Waals surface area contributed by atoms with Crippen molar-refractivity contribution in [3.8, 4) is 0 Å². The summed E-state index contributed by atoms with van der Waals surface area (Å²) in [5.41, 5.74) is 1.55. The van der Waals surface area contributed by atoms with Crippen molar-refractivity contribution >= 4 is 23.6 Å². The quantitative estimate of drug-likeness (QED) is 0.619. The highest BCUT2D eigenvalue weighted by molar-refractivity contribution is 6.23. The Morgan fingerprint density at radius 3 is 2.56 bits per heavy atom. The van der Waals surface area contributed by atoms with Crippen molar-refractivity contribution in [1.82, 2.24) is 20.9 Å². The number of benzene rings is 1. The number of nitrogens with zero attached hydrogens (tertiary/aromatic N) is 1. The topological polar surface area (TPSA) is 108 Å². The third kappa shape index (κ3) is 3.15. The van der Waals surface area contributed by atoms with Gasteiger partial charge in [-0.05, 0) is 37.0 Å². The maximum Gasteiger partial charge on any atom is 0.262 e. The zero-order chi connectivity index (χ0) is 19.1. The van der Waals surface area contributed by atoms with E-state index in [0.29, 0.717) is 29.6 Å². The lowest BCUT2D eigenvalue weighted by atomic mass is 9.95. The molecule has 4 rings (SSSR count). The average Bonchev–Trinajstić information content (AvgIpc) is 2.83. The summed E-state index contributed by atoms with van der Waals surface area (Å²) in [7, 11) is 0. The molecule has 0 saturated carbocycles. The van der Waals surface area contributed by atoms with Crippen LogP contribution in [0.2, 0.25) is 0 Å². The summed E-state index contributed by atoms with van der Waals surface area (Å²) >= 11 is 0. The van der Waals surface area contributed by atoms with Crippen molar-refractivity contribution in [3.63, 3.8) is 0 Å². The highest BCUT2D eigenvalue weighted by Crippen LogP contribution is 2.28. The standard InChI is InChI=1S/C19H22N4O4/c1-10(12-8-20-9-12)21-7-11-2-3-13-14(6-11)19(27)23(18(13)26)15-4-5-16(24)22-17(15)25/h2-3,6,10,12,15,20-21H,4-5,7-9H2,1H3,(H,22,24,25). The van der Waals surface area contributed by atoms with Crippen LogP contribution in [0.15, 0.2) is 18.2 Å². The molecule has 8 heteroatoms. The molecule has 0 bridgehead atoms. The van der Waals surface area contributed by atoms with E-state index in [1.165, 1.54) is 0 Å². The molecule has 3 aliphatic heterocycles. The lowest BCUT2D eigenvalue weighted by Crippen LogP contribution is -2.54. The first-order valence-electron chi connectivity index (χ1n) is 9.24.